The zero-order valence-electron chi connectivity index (χ0n) is 18.8. The van der Waals surface area contributed by atoms with Crippen molar-refractivity contribution in [1.29, 1.82) is 0 Å². The molecule has 0 aromatic heterocycles. The lowest BCUT2D eigenvalue weighted by Gasteiger charge is -2.34. The molecule has 2 aliphatic rings. The minimum atomic E-state index is -1.02. The topological polar surface area (TPSA) is 107 Å². The molecule has 2 saturated heterocycles. The van der Waals surface area contributed by atoms with E-state index in [-0.39, 0.29) is 24.3 Å². The highest BCUT2D eigenvalue weighted by Gasteiger charge is 2.43. The number of benzene rings is 1. The first-order chi connectivity index (χ1) is 15.2. The number of rotatable bonds is 7. The molecule has 0 spiro atoms. The van der Waals surface area contributed by atoms with Gasteiger partial charge in [0.2, 0.25) is 11.8 Å². The van der Waals surface area contributed by atoms with E-state index in [1.54, 1.807) is 14.1 Å². The van der Waals surface area contributed by atoms with E-state index in [4.69, 9.17) is 4.74 Å². The Morgan fingerprint density at radius 2 is 1.88 bits per heavy atom. The van der Waals surface area contributed by atoms with E-state index in [2.05, 4.69) is 0 Å². The number of amides is 2. The smallest absolute Gasteiger partial charge is 0.326 e. The summed E-state index contributed by atoms with van der Waals surface area (Å²) in [6.07, 6.45) is 1.29. The summed E-state index contributed by atoms with van der Waals surface area (Å²) in [5.41, 5.74) is 0.883. The number of likely N-dealkylation sites (N-methyl/N-ethyl adjacent to an activating group) is 2. The average Bonchev–Trinajstić information content (AvgIpc) is 3.37. The van der Waals surface area contributed by atoms with Crippen LogP contribution in [-0.2, 0) is 30.3 Å². The zero-order chi connectivity index (χ0) is 23.4. The van der Waals surface area contributed by atoms with E-state index in [1.807, 2.05) is 35.2 Å². The van der Waals surface area contributed by atoms with E-state index in [1.165, 1.54) is 16.7 Å². The standard InChI is InChI=1S/C23H31N3O6/c1-15(27)32-17-13-19(24(2)14-17)21(28)25(3)20(12-16-8-5-4-6-9-16)22(29)26-11-7-10-18(26)23(30)31/h4-6,8-9,17-20H,7,10-14H2,1-3H3,(H,30,31)/t17-,18+,19+,20+/m1/s1. The summed E-state index contributed by atoms with van der Waals surface area (Å²) >= 11 is 0. The van der Waals surface area contributed by atoms with Crippen LogP contribution in [-0.4, -0.2) is 95.0 Å². The molecule has 0 unspecified atom stereocenters. The molecule has 9 heteroatoms. The maximum absolute atomic E-state index is 13.5. The molecule has 1 N–H and O–H groups in total. The summed E-state index contributed by atoms with van der Waals surface area (Å²) in [6, 6.07) is 7.15. The predicted octanol–water partition coefficient (Wildman–Crippen LogP) is 0.768. The first kappa shape index (κ1) is 23.7. The molecule has 0 aliphatic carbocycles. The minimum Gasteiger partial charge on any atom is -0.480 e. The fraction of sp³-hybridized carbons (Fsp3) is 0.565. The van der Waals surface area contributed by atoms with Crippen LogP contribution in [0.2, 0.25) is 0 Å². The monoisotopic (exact) mass is 445 g/mol. The summed E-state index contributed by atoms with van der Waals surface area (Å²) in [5, 5.41) is 9.54. The van der Waals surface area contributed by atoms with Gasteiger partial charge in [-0.3, -0.25) is 19.3 Å². The Bertz CT molecular complexity index is 861. The van der Waals surface area contributed by atoms with Crippen molar-refractivity contribution in [2.24, 2.45) is 0 Å². The summed E-state index contributed by atoms with van der Waals surface area (Å²) in [5.74, 6) is -2.02. The van der Waals surface area contributed by atoms with Gasteiger partial charge in [-0.15, -0.1) is 0 Å². The van der Waals surface area contributed by atoms with Gasteiger partial charge in [-0.25, -0.2) is 4.79 Å². The average molecular weight is 446 g/mol. The van der Waals surface area contributed by atoms with Crippen molar-refractivity contribution in [3.05, 3.63) is 35.9 Å². The van der Waals surface area contributed by atoms with Crippen LogP contribution in [0.15, 0.2) is 30.3 Å². The molecule has 3 rings (SSSR count). The zero-order valence-corrected chi connectivity index (χ0v) is 18.8. The fourth-order valence-electron chi connectivity index (χ4n) is 4.66. The number of carbonyl (C=O) groups excluding carboxylic acids is 3. The molecule has 9 nitrogen and oxygen atoms in total. The minimum absolute atomic E-state index is 0.248. The number of hydrogen-bond donors (Lipinski definition) is 1. The first-order valence-corrected chi connectivity index (χ1v) is 10.9. The van der Waals surface area contributed by atoms with Crippen molar-refractivity contribution in [3.63, 3.8) is 0 Å². The van der Waals surface area contributed by atoms with Gasteiger partial charge in [-0.05, 0) is 25.5 Å². The van der Waals surface area contributed by atoms with Gasteiger partial charge >= 0.3 is 11.9 Å². The number of nitrogens with zero attached hydrogens (tertiary/aromatic N) is 3. The molecular weight excluding hydrogens is 414 g/mol. The molecule has 2 heterocycles. The molecule has 32 heavy (non-hydrogen) atoms. The molecule has 1 aromatic carbocycles. The van der Waals surface area contributed by atoms with Crippen LogP contribution < -0.4 is 0 Å². The lowest BCUT2D eigenvalue weighted by molar-refractivity contribution is -0.153. The lowest BCUT2D eigenvalue weighted by Crippen LogP contribution is -2.55. The third-order valence-corrected chi connectivity index (χ3v) is 6.32. The van der Waals surface area contributed by atoms with Crippen molar-refractivity contribution in [2.45, 2.75) is 56.8 Å². The van der Waals surface area contributed by atoms with E-state index >= 15 is 0 Å². The highest BCUT2D eigenvalue weighted by molar-refractivity contribution is 5.92. The van der Waals surface area contributed by atoms with E-state index in [0.29, 0.717) is 32.4 Å². The van der Waals surface area contributed by atoms with Crippen molar-refractivity contribution >= 4 is 23.8 Å². The first-order valence-electron chi connectivity index (χ1n) is 10.9. The molecule has 0 saturated carbocycles. The van der Waals surface area contributed by atoms with Crippen LogP contribution in [0.25, 0.3) is 0 Å². The van der Waals surface area contributed by atoms with Gasteiger partial charge in [0, 0.05) is 39.9 Å². The molecule has 2 fully saturated rings. The Morgan fingerprint density at radius 3 is 2.50 bits per heavy atom. The van der Waals surface area contributed by atoms with Gasteiger partial charge < -0.3 is 19.6 Å². The van der Waals surface area contributed by atoms with Crippen molar-refractivity contribution < 1.29 is 29.0 Å². The normalized spacial score (nSPS) is 24.2. The van der Waals surface area contributed by atoms with E-state index in [0.717, 1.165) is 5.56 Å². The number of esters is 1. The Labute approximate surface area is 187 Å². The molecule has 0 bridgehead atoms. The number of carboxylic acids is 1. The second-order valence-corrected chi connectivity index (χ2v) is 8.61. The third kappa shape index (κ3) is 5.27. The number of carboxylic acid groups (broad SMARTS) is 1. The van der Waals surface area contributed by atoms with Crippen LogP contribution in [0.1, 0.15) is 31.7 Å². The quantitative estimate of drug-likeness (QED) is 0.618. The highest BCUT2D eigenvalue weighted by atomic mass is 16.5. The molecule has 1 aromatic rings. The Morgan fingerprint density at radius 1 is 1.19 bits per heavy atom. The molecule has 174 valence electrons. The van der Waals surface area contributed by atoms with Gasteiger partial charge in [-0.2, -0.15) is 0 Å². The summed E-state index contributed by atoms with van der Waals surface area (Å²) in [6.45, 7) is 2.14. The van der Waals surface area contributed by atoms with Crippen LogP contribution in [0.4, 0.5) is 0 Å². The second-order valence-electron chi connectivity index (χ2n) is 8.61. The number of carbonyl (C=O) groups is 4. The number of likely N-dealkylation sites (tertiary alicyclic amines) is 2. The van der Waals surface area contributed by atoms with E-state index in [9.17, 15) is 24.3 Å². The third-order valence-electron chi connectivity index (χ3n) is 6.32. The van der Waals surface area contributed by atoms with Crippen LogP contribution in [0.5, 0.6) is 0 Å². The predicted molar refractivity (Wildman–Crippen MR) is 116 cm³/mol. The van der Waals surface area contributed by atoms with Gasteiger partial charge in [-0.1, -0.05) is 30.3 Å². The summed E-state index contributed by atoms with van der Waals surface area (Å²) in [4.78, 5) is 54.5. The molecule has 2 aliphatic heterocycles. The molecule has 2 amide bonds. The van der Waals surface area contributed by atoms with Crippen LogP contribution >= 0.6 is 0 Å². The summed E-state index contributed by atoms with van der Waals surface area (Å²) in [7, 11) is 3.38. The Hall–Kier alpha value is -2.94. The maximum atomic E-state index is 13.5. The maximum Gasteiger partial charge on any atom is 0.326 e. The van der Waals surface area contributed by atoms with Gasteiger partial charge in [0.1, 0.15) is 18.2 Å². The van der Waals surface area contributed by atoms with E-state index < -0.39 is 30.1 Å². The number of hydrogen-bond acceptors (Lipinski definition) is 6. The van der Waals surface area contributed by atoms with Crippen LogP contribution in [0, 0.1) is 0 Å². The molecule has 0 radical (unpaired) electrons. The Balaban J connectivity index is 1.82. The molecule has 4 atom stereocenters. The largest absolute Gasteiger partial charge is 0.480 e. The van der Waals surface area contributed by atoms with Crippen LogP contribution in [0.3, 0.4) is 0 Å². The molecular formula is C23H31N3O6. The lowest BCUT2D eigenvalue weighted by atomic mass is 10.0. The number of aliphatic carboxylic acids is 1. The SMILES string of the molecule is CC(=O)O[C@@H]1C[C@@H](C(=O)N(C)[C@@H](Cc2ccccc2)C(=O)N2CCC[C@H]2C(=O)O)N(C)C1. The van der Waals surface area contributed by atoms with Crippen molar-refractivity contribution in [3.8, 4) is 0 Å². The fourth-order valence-corrected chi connectivity index (χ4v) is 4.66. The number of ether oxygens (including phenoxy) is 1. The highest BCUT2D eigenvalue weighted by Crippen LogP contribution is 2.25. The summed E-state index contributed by atoms with van der Waals surface area (Å²) < 4.78 is 5.28. The van der Waals surface area contributed by atoms with Gasteiger partial charge in [0.15, 0.2) is 0 Å². The van der Waals surface area contributed by atoms with Crippen molar-refractivity contribution in [2.75, 3.05) is 27.2 Å². The van der Waals surface area contributed by atoms with Gasteiger partial charge in [0.05, 0.1) is 6.04 Å². The Kier molecular flexibility index (Phi) is 7.50. The van der Waals surface area contributed by atoms with Gasteiger partial charge in [0.25, 0.3) is 0 Å². The second kappa shape index (κ2) is 10.1. The van der Waals surface area contributed by atoms with Crippen molar-refractivity contribution in [1.82, 2.24) is 14.7 Å².